The van der Waals surface area contributed by atoms with E-state index in [2.05, 4.69) is 15.0 Å². The molecule has 1 saturated heterocycles. The molecule has 0 spiro atoms. The number of halogens is 4. The van der Waals surface area contributed by atoms with Crippen LogP contribution in [-0.4, -0.2) is 51.8 Å². The summed E-state index contributed by atoms with van der Waals surface area (Å²) in [6.45, 7) is -0.235. The highest BCUT2D eigenvalue weighted by Gasteiger charge is 2.33. The smallest absolute Gasteiger partial charge is 0.401 e. The lowest BCUT2D eigenvalue weighted by atomic mass is 10.1. The Labute approximate surface area is 193 Å². The van der Waals surface area contributed by atoms with Crippen molar-refractivity contribution in [1.29, 1.82) is 0 Å². The zero-order valence-corrected chi connectivity index (χ0v) is 18.1. The van der Waals surface area contributed by atoms with Gasteiger partial charge in [-0.3, -0.25) is 9.88 Å². The molecule has 11 heteroatoms. The molecule has 7 nitrogen and oxygen atoms in total. The van der Waals surface area contributed by atoms with Gasteiger partial charge in [-0.05, 0) is 37.1 Å². The fourth-order valence-corrected chi connectivity index (χ4v) is 3.65. The van der Waals surface area contributed by atoms with E-state index in [1.807, 2.05) is 6.07 Å². The third kappa shape index (κ3) is 6.31. The van der Waals surface area contributed by atoms with Gasteiger partial charge in [0.25, 0.3) is 0 Å². The van der Waals surface area contributed by atoms with Crippen molar-refractivity contribution in [2.45, 2.75) is 31.7 Å². The number of ether oxygens (including phenoxy) is 2. The first-order valence-corrected chi connectivity index (χ1v) is 10.7. The molecule has 0 bridgehead atoms. The summed E-state index contributed by atoms with van der Waals surface area (Å²) >= 11 is 0. The average molecular weight is 477 g/mol. The molecule has 2 N–H and O–H groups in total. The Bertz CT molecular complexity index is 1110. The Hall–Kier alpha value is -3.47. The second kappa shape index (κ2) is 10.2. The molecule has 0 atom stereocenters. The molecular formula is C23H23F4N5O2. The zero-order chi connectivity index (χ0) is 24.1. The van der Waals surface area contributed by atoms with Crippen LogP contribution in [0, 0.1) is 5.82 Å². The highest BCUT2D eigenvalue weighted by Crippen LogP contribution is 2.29. The molecule has 3 aromatic heterocycles. The lowest BCUT2D eigenvalue weighted by Gasteiger charge is -2.32. The lowest BCUT2D eigenvalue weighted by molar-refractivity contribution is -0.149. The second-order valence-electron chi connectivity index (χ2n) is 7.92. The van der Waals surface area contributed by atoms with Crippen LogP contribution < -0.4 is 15.2 Å². The summed E-state index contributed by atoms with van der Waals surface area (Å²) < 4.78 is 63.6. The number of piperidine rings is 1. The number of rotatable bonds is 7. The molecular weight excluding hydrogens is 454 g/mol. The van der Waals surface area contributed by atoms with E-state index < -0.39 is 18.5 Å². The first-order chi connectivity index (χ1) is 16.3. The molecule has 1 aliphatic heterocycles. The third-order valence-electron chi connectivity index (χ3n) is 5.28. The van der Waals surface area contributed by atoms with Crippen molar-refractivity contribution in [1.82, 2.24) is 19.9 Å². The van der Waals surface area contributed by atoms with Crippen molar-refractivity contribution in [2.24, 2.45) is 0 Å². The third-order valence-corrected chi connectivity index (χ3v) is 5.28. The minimum atomic E-state index is -4.23. The minimum absolute atomic E-state index is 0.00230. The quantitative estimate of drug-likeness (QED) is 0.510. The molecule has 4 heterocycles. The van der Waals surface area contributed by atoms with E-state index in [0.29, 0.717) is 24.1 Å². The number of nitrogen functional groups attached to an aromatic ring is 1. The minimum Gasteiger partial charge on any atom is -0.474 e. The molecule has 0 saturated carbocycles. The number of anilines is 1. The molecule has 3 aromatic rings. The molecule has 0 radical (unpaired) electrons. The van der Waals surface area contributed by atoms with Crippen LogP contribution in [0.3, 0.4) is 0 Å². The Morgan fingerprint density at radius 1 is 1.09 bits per heavy atom. The SMILES string of the molecule is Nc1cc(-c2nc(OC3CCN(CC(F)(F)F)CC3)ccc2F)cnc1OCc1ccccn1. The number of aromatic nitrogens is 3. The van der Waals surface area contributed by atoms with Crippen molar-refractivity contribution in [3.05, 3.63) is 60.3 Å². The number of hydrogen-bond acceptors (Lipinski definition) is 7. The van der Waals surface area contributed by atoms with Crippen LogP contribution in [0.15, 0.2) is 48.8 Å². The molecule has 0 aliphatic carbocycles. The van der Waals surface area contributed by atoms with Gasteiger partial charge in [-0.1, -0.05) is 6.07 Å². The predicted octanol–water partition coefficient (Wildman–Crippen LogP) is 4.24. The molecule has 0 aromatic carbocycles. The van der Waals surface area contributed by atoms with Gasteiger partial charge < -0.3 is 15.2 Å². The van der Waals surface area contributed by atoms with E-state index in [-0.39, 0.29) is 48.9 Å². The number of alkyl halides is 3. The van der Waals surface area contributed by atoms with Gasteiger partial charge in [0.15, 0.2) is 0 Å². The monoisotopic (exact) mass is 477 g/mol. The first kappa shape index (κ1) is 23.7. The van der Waals surface area contributed by atoms with Crippen LogP contribution in [0.1, 0.15) is 18.5 Å². The molecule has 0 amide bonds. The fourth-order valence-electron chi connectivity index (χ4n) is 3.65. The predicted molar refractivity (Wildman–Crippen MR) is 117 cm³/mol. The van der Waals surface area contributed by atoms with Crippen LogP contribution in [0.4, 0.5) is 23.2 Å². The Balaban J connectivity index is 1.40. The lowest BCUT2D eigenvalue weighted by Crippen LogP contribution is -2.42. The van der Waals surface area contributed by atoms with Crippen LogP contribution >= 0.6 is 0 Å². The maximum atomic E-state index is 14.5. The van der Waals surface area contributed by atoms with Crippen LogP contribution in [0.25, 0.3) is 11.3 Å². The van der Waals surface area contributed by atoms with Gasteiger partial charge in [0.2, 0.25) is 11.8 Å². The Morgan fingerprint density at radius 3 is 2.56 bits per heavy atom. The molecule has 34 heavy (non-hydrogen) atoms. The van der Waals surface area contributed by atoms with Gasteiger partial charge in [-0.15, -0.1) is 0 Å². The largest absolute Gasteiger partial charge is 0.474 e. The maximum absolute atomic E-state index is 14.5. The summed E-state index contributed by atoms with van der Waals surface area (Å²) in [6.07, 6.45) is -0.651. The van der Waals surface area contributed by atoms with Crippen molar-refractivity contribution < 1.29 is 27.0 Å². The number of pyridine rings is 3. The second-order valence-corrected chi connectivity index (χ2v) is 7.92. The average Bonchev–Trinajstić information content (AvgIpc) is 2.80. The van der Waals surface area contributed by atoms with Crippen molar-refractivity contribution in [3.63, 3.8) is 0 Å². The van der Waals surface area contributed by atoms with E-state index >= 15 is 0 Å². The van der Waals surface area contributed by atoms with E-state index in [1.54, 1.807) is 18.3 Å². The summed E-state index contributed by atoms with van der Waals surface area (Å²) in [5.41, 5.74) is 7.29. The zero-order valence-electron chi connectivity index (χ0n) is 18.1. The number of nitrogens with two attached hydrogens (primary N) is 1. The van der Waals surface area contributed by atoms with Gasteiger partial charge in [0, 0.05) is 37.1 Å². The first-order valence-electron chi connectivity index (χ1n) is 10.7. The molecule has 1 fully saturated rings. The number of likely N-dealkylation sites (tertiary alicyclic amines) is 1. The van der Waals surface area contributed by atoms with Gasteiger partial charge in [-0.2, -0.15) is 13.2 Å². The highest BCUT2D eigenvalue weighted by atomic mass is 19.4. The van der Waals surface area contributed by atoms with Gasteiger partial charge in [0.05, 0.1) is 17.9 Å². The Kier molecular flexibility index (Phi) is 7.11. The topological polar surface area (TPSA) is 86.4 Å². The van der Waals surface area contributed by atoms with Crippen LogP contribution in [0.5, 0.6) is 11.8 Å². The van der Waals surface area contributed by atoms with Crippen molar-refractivity contribution >= 4 is 5.69 Å². The summed E-state index contributed by atoms with van der Waals surface area (Å²) in [5, 5.41) is 0. The van der Waals surface area contributed by atoms with E-state index in [1.165, 1.54) is 29.3 Å². The van der Waals surface area contributed by atoms with Gasteiger partial charge in [0.1, 0.15) is 24.2 Å². The number of hydrogen-bond donors (Lipinski definition) is 1. The van der Waals surface area contributed by atoms with Crippen molar-refractivity contribution in [3.8, 4) is 23.0 Å². The van der Waals surface area contributed by atoms with Crippen LogP contribution in [0.2, 0.25) is 0 Å². The van der Waals surface area contributed by atoms with Gasteiger partial charge >= 0.3 is 6.18 Å². The van der Waals surface area contributed by atoms with Crippen molar-refractivity contribution in [2.75, 3.05) is 25.4 Å². The molecule has 4 rings (SSSR count). The Morgan fingerprint density at radius 2 is 1.88 bits per heavy atom. The highest BCUT2D eigenvalue weighted by molar-refractivity contribution is 5.66. The van der Waals surface area contributed by atoms with E-state index in [9.17, 15) is 17.6 Å². The summed E-state index contributed by atoms with van der Waals surface area (Å²) in [7, 11) is 0. The molecule has 1 aliphatic rings. The van der Waals surface area contributed by atoms with E-state index in [0.717, 1.165) is 0 Å². The fraction of sp³-hybridized carbons (Fsp3) is 0.348. The summed E-state index contributed by atoms with van der Waals surface area (Å²) in [4.78, 5) is 13.9. The van der Waals surface area contributed by atoms with Crippen LogP contribution in [-0.2, 0) is 6.61 Å². The molecule has 180 valence electrons. The summed E-state index contributed by atoms with van der Waals surface area (Å²) in [6, 6.07) is 9.54. The molecule has 0 unspecified atom stereocenters. The van der Waals surface area contributed by atoms with E-state index in [4.69, 9.17) is 15.2 Å². The number of nitrogens with zero attached hydrogens (tertiary/aromatic N) is 4. The van der Waals surface area contributed by atoms with Gasteiger partial charge in [-0.25, -0.2) is 14.4 Å². The standard InChI is InChI=1S/C23H23F4N5O2/c24-18-4-5-20(34-17-6-9-32(10-7-17)14-23(25,26)27)31-21(18)15-11-19(28)22(30-12-15)33-13-16-3-1-2-8-29-16/h1-5,8,11-12,17H,6-7,9-10,13-14,28H2. The summed E-state index contributed by atoms with van der Waals surface area (Å²) in [5.74, 6) is -0.219. The normalized spacial score (nSPS) is 15.3. The maximum Gasteiger partial charge on any atom is 0.401 e.